The lowest BCUT2D eigenvalue weighted by Gasteiger charge is -2.12. The number of hydrogen-bond acceptors (Lipinski definition) is 8. The molecule has 166 valence electrons. The van der Waals surface area contributed by atoms with Crippen molar-refractivity contribution in [3.63, 3.8) is 0 Å². The molecule has 1 aliphatic rings. The summed E-state index contributed by atoms with van der Waals surface area (Å²) in [7, 11) is 2.85. The van der Waals surface area contributed by atoms with Gasteiger partial charge in [0, 0.05) is 18.2 Å². The Morgan fingerprint density at radius 2 is 1.70 bits per heavy atom. The number of ketones is 1. The maximum atomic E-state index is 12.8. The Kier molecular flexibility index (Phi) is 5.77. The van der Waals surface area contributed by atoms with E-state index in [4.69, 9.17) is 18.9 Å². The number of benzene rings is 3. The summed E-state index contributed by atoms with van der Waals surface area (Å²) in [5.41, 5.74) is 0.733. The first-order chi connectivity index (χ1) is 15.9. The van der Waals surface area contributed by atoms with Crippen LogP contribution < -0.4 is 18.9 Å². The normalized spacial score (nSPS) is 13.3. The molecular formula is C24H17NO8. The summed E-state index contributed by atoms with van der Waals surface area (Å²) in [6.45, 7) is 0. The van der Waals surface area contributed by atoms with Gasteiger partial charge in [0.1, 0.15) is 28.6 Å². The smallest absolute Gasteiger partial charge is 0.351 e. The number of nitrogens with zero attached hydrogens (tertiary/aromatic N) is 1. The molecule has 9 nitrogen and oxygen atoms in total. The van der Waals surface area contributed by atoms with Gasteiger partial charge in [-0.2, -0.15) is 0 Å². The third-order valence-corrected chi connectivity index (χ3v) is 4.86. The van der Waals surface area contributed by atoms with E-state index in [1.165, 1.54) is 56.7 Å². The van der Waals surface area contributed by atoms with Crippen LogP contribution in [0.3, 0.4) is 0 Å². The number of hydrogen-bond donors (Lipinski definition) is 0. The number of allylic oxidation sites excluding steroid dienone is 1. The Hall–Kier alpha value is -4.66. The van der Waals surface area contributed by atoms with Crippen molar-refractivity contribution >= 4 is 23.5 Å². The van der Waals surface area contributed by atoms with E-state index in [0.717, 1.165) is 0 Å². The van der Waals surface area contributed by atoms with Crippen LogP contribution >= 0.6 is 0 Å². The van der Waals surface area contributed by atoms with Crippen molar-refractivity contribution in [3.8, 4) is 23.0 Å². The van der Waals surface area contributed by atoms with Gasteiger partial charge < -0.3 is 18.9 Å². The summed E-state index contributed by atoms with van der Waals surface area (Å²) in [5.74, 6) is -0.171. The van der Waals surface area contributed by atoms with Crippen molar-refractivity contribution in [1.29, 1.82) is 0 Å². The van der Waals surface area contributed by atoms with E-state index in [1.54, 1.807) is 24.3 Å². The molecule has 0 aliphatic carbocycles. The summed E-state index contributed by atoms with van der Waals surface area (Å²) < 4.78 is 21.6. The average molecular weight is 447 g/mol. The maximum absolute atomic E-state index is 12.8. The van der Waals surface area contributed by atoms with Crippen LogP contribution in [-0.2, 0) is 0 Å². The fourth-order valence-corrected chi connectivity index (χ4v) is 3.32. The monoisotopic (exact) mass is 447 g/mol. The Morgan fingerprint density at radius 1 is 1.00 bits per heavy atom. The minimum Gasteiger partial charge on any atom is -0.496 e. The van der Waals surface area contributed by atoms with Crippen LogP contribution in [0.5, 0.6) is 23.0 Å². The first-order valence-corrected chi connectivity index (χ1v) is 9.67. The third-order valence-electron chi connectivity index (χ3n) is 4.86. The topological polar surface area (TPSA) is 114 Å². The molecule has 0 N–H and O–H groups in total. The summed E-state index contributed by atoms with van der Waals surface area (Å²) in [6.07, 6.45) is 1.42. The van der Waals surface area contributed by atoms with E-state index in [2.05, 4.69) is 0 Å². The van der Waals surface area contributed by atoms with Crippen molar-refractivity contribution in [2.45, 2.75) is 0 Å². The summed E-state index contributed by atoms with van der Waals surface area (Å²) in [4.78, 5) is 35.9. The van der Waals surface area contributed by atoms with Gasteiger partial charge in [-0.25, -0.2) is 4.79 Å². The quantitative estimate of drug-likeness (QED) is 0.179. The number of methoxy groups -OCH3 is 2. The number of nitro groups is 1. The molecule has 3 aromatic carbocycles. The Morgan fingerprint density at radius 3 is 2.36 bits per heavy atom. The van der Waals surface area contributed by atoms with E-state index in [0.29, 0.717) is 5.56 Å². The number of esters is 1. The molecule has 0 amide bonds. The molecule has 0 aromatic heterocycles. The SMILES string of the molecule is COc1cccc(OC)c1C(=O)Oc1ccc2c(c1)O/C(=C\c1cccc([N+](=O)[O-])c1)C2=O. The number of carbonyl (C=O) groups is 2. The molecule has 33 heavy (non-hydrogen) atoms. The molecule has 0 saturated carbocycles. The van der Waals surface area contributed by atoms with E-state index < -0.39 is 10.9 Å². The Balaban J connectivity index is 1.59. The number of Topliss-reactive ketones (excluding diaryl/α,β-unsaturated/α-hetero) is 1. The van der Waals surface area contributed by atoms with Gasteiger partial charge in [-0.3, -0.25) is 14.9 Å². The van der Waals surface area contributed by atoms with Crippen LogP contribution in [0.1, 0.15) is 26.3 Å². The fraction of sp³-hybridized carbons (Fsp3) is 0.0833. The first-order valence-electron chi connectivity index (χ1n) is 9.67. The van der Waals surface area contributed by atoms with Gasteiger partial charge in [0.25, 0.3) is 5.69 Å². The minimum atomic E-state index is -0.707. The molecule has 0 bridgehead atoms. The second-order valence-corrected chi connectivity index (χ2v) is 6.88. The highest BCUT2D eigenvalue weighted by molar-refractivity contribution is 6.14. The molecule has 0 unspecified atom stereocenters. The van der Waals surface area contributed by atoms with Crippen LogP contribution in [0.25, 0.3) is 6.08 Å². The van der Waals surface area contributed by atoms with Gasteiger partial charge in [0.2, 0.25) is 5.78 Å². The van der Waals surface area contributed by atoms with Crippen LogP contribution in [0.2, 0.25) is 0 Å². The van der Waals surface area contributed by atoms with Gasteiger partial charge in [-0.15, -0.1) is 0 Å². The predicted octanol–water partition coefficient (Wildman–Crippen LogP) is 4.45. The highest BCUT2D eigenvalue weighted by Crippen LogP contribution is 2.36. The highest BCUT2D eigenvalue weighted by Gasteiger charge is 2.29. The van der Waals surface area contributed by atoms with Crippen molar-refractivity contribution in [2.24, 2.45) is 0 Å². The van der Waals surface area contributed by atoms with Gasteiger partial charge in [-0.1, -0.05) is 18.2 Å². The molecule has 0 saturated heterocycles. The molecule has 1 aliphatic heterocycles. The molecule has 0 atom stereocenters. The number of non-ortho nitro benzene ring substituents is 1. The molecule has 9 heteroatoms. The summed E-state index contributed by atoms with van der Waals surface area (Å²) >= 11 is 0. The number of ether oxygens (including phenoxy) is 4. The number of nitro benzene ring substituents is 1. The first kappa shape index (κ1) is 21.6. The summed E-state index contributed by atoms with van der Waals surface area (Å²) in [6, 6.07) is 15.1. The lowest BCUT2D eigenvalue weighted by atomic mass is 10.1. The van der Waals surface area contributed by atoms with Crippen LogP contribution in [0.15, 0.2) is 66.4 Å². The van der Waals surface area contributed by atoms with Crippen LogP contribution in [-0.4, -0.2) is 30.9 Å². The van der Waals surface area contributed by atoms with Gasteiger partial charge in [-0.05, 0) is 35.9 Å². The molecule has 1 heterocycles. The van der Waals surface area contributed by atoms with Gasteiger partial charge >= 0.3 is 5.97 Å². The van der Waals surface area contributed by atoms with Gasteiger partial charge in [0.15, 0.2) is 5.76 Å². The van der Waals surface area contributed by atoms with Crippen LogP contribution in [0, 0.1) is 10.1 Å². The van der Waals surface area contributed by atoms with E-state index in [9.17, 15) is 19.7 Å². The lowest BCUT2D eigenvalue weighted by Crippen LogP contribution is -2.12. The number of fused-ring (bicyclic) bond motifs is 1. The predicted molar refractivity (Wildman–Crippen MR) is 117 cm³/mol. The van der Waals surface area contributed by atoms with E-state index >= 15 is 0 Å². The van der Waals surface area contributed by atoms with Crippen molar-refractivity contribution in [3.05, 3.63) is 93.2 Å². The fourth-order valence-electron chi connectivity index (χ4n) is 3.32. The molecule has 0 spiro atoms. The molecular weight excluding hydrogens is 430 g/mol. The Bertz CT molecular complexity index is 1290. The third kappa shape index (κ3) is 4.24. The molecule has 4 rings (SSSR count). The molecule has 0 radical (unpaired) electrons. The van der Waals surface area contributed by atoms with E-state index in [1.807, 2.05) is 0 Å². The largest absolute Gasteiger partial charge is 0.496 e. The standard InChI is InChI=1S/C24H17NO8/c1-30-18-7-4-8-19(31-2)22(18)24(27)32-16-9-10-17-20(13-16)33-21(23(17)26)12-14-5-3-6-15(11-14)25(28)29/h3-13H,1-2H3/b21-12-. The van der Waals surface area contributed by atoms with E-state index in [-0.39, 0.29) is 51.4 Å². The Labute approximate surface area is 187 Å². The molecule has 0 fully saturated rings. The lowest BCUT2D eigenvalue weighted by molar-refractivity contribution is -0.384. The number of carbonyl (C=O) groups excluding carboxylic acids is 2. The summed E-state index contributed by atoms with van der Waals surface area (Å²) in [5, 5.41) is 11.0. The molecule has 3 aromatic rings. The van der Waals surface area contributed by atoms with Crippen molar-refractivity contribution in [1.82, 2.24) is 0 Å². The average Bonchev–Trinajstić information content (AvgIpc) is 3.12. The second-order valence-electron chi connectivity index (χ2n) is 6.88. The van der Waals surface area contributed by atoms with Crippen molar-refractivity contribution in [2.75, 3.05) is 14.2 Å². The highest BCUT2D eigenvalue weighted by atomic mass is 16.6. The van der Waals surface area contributed by atoms with Crippen LogP contribution in [0.4, 0.5) is 5.69 Å². The van der Waals surface area contributed by atoms with Crippen molar-refractivity contribution < 1.29 is 33.5 Å². The zero-order valence-corrected chi connectivity index (χ0v) is 17.6. The zero-order chi connectivity index (χ0) is 23.5. The maximum Gasteiger partial charge on any atom is 0.351 e. The minimum absolute atomic E-state index is 0.000345. The second kappa shape index (κ2) is 8.83. The number of rotatable bonds is 6. The zero-order valence-electron chi connectivity index (χ0n) is 17.6. The van der Waals surface area contributed by atoms with Gasteiger partial charge in [0.05, 0.1) is 24.7 Å².